The second-order valence-corrected chi connectivity index (χ2v) is 6.22. The average molecular weight is 261 g/mol. The van der Waals surface area contributed by atoms with E-state index in [0.29, 0.717) is 18.4 Å². The molecule has 1 N–H and O–H groups in total. The molecule has 3 saturated carbocycles. The smallest absolute Gasteiger partial charge is 0.224 e. The van der Waals surface area contributed by atoms with Gasteiger partial charge < -0.3 is 5.32 Å². The topological polar surface area (TPSA) is 72.7 Å². The van der Waals surface area contributed by atoms with Crippen LogP contribution in [0.5, 0.6) is 0 Å². The first-order valence-electron chi connectivity index (χ1n) is 7.35. The van der Waals surface area contributed by atoms with Gasteiger partial charge in [-0.2, -0.15) is 0 Å². The van der Waals surface area contributed by atoms with E-state index >= 15 is 0 Å². The van der Waals surface area contributed by atoms with Crippen molar-refractivity contribution in [1.82, 2.24) is 25.5 Å². The number of tetrazole rings is 1. The molecule has 0 bridgehead atoms. The molecule has 4 rings (SSSR count). The summed E-state index contributed by atoms with van der Waals surface area (Å²) >= 11 is 0. The van der Waals surface area contributed by atoms with Crippen molar-refractivity contribution in [3.63, 3.8) is 0 Å². The number of amides is 1. The molecule has 3 aliphatic rings. The molecule has 3 fully saturated rings. The maximum absolute atomic E-state index is 12.1. The van der Waals surface area contributed by atoms with Crippen LogP contribution in [0.1, 0.15) is 37.9 Å². The van der Waals surface area contributed by atoms with Gasteiger partial charge in [0.05, 0.1) is 6.54 Å². The number of fused-ring (bicyclic) bond motifs is 1. The Bertz CT molecular complexity index is 485. The van der Waals surface area contributed by atoms with Crippen molar-refractivity contribution < 1.29 is 4.79 Å². The monoisotopic (exact) mass is 261 g/mol. The minimum absolute atomic E-state index is 0.204. The molecule has 3 aliphatic carbocycles. The Morgan fingerprint density at radius 1 is 1.26 bits per heavy atom. The van der Waals surface area contributed by atoms with Crippen molar-refractivity contribution in [2.75, 3.05) is 0 Å². The van der Waals surface area contributed by atoms with Crippen molar-refractivity contribution in [3.05, 3.63) is 5.82 Å². The van der Waals surface area contributed by atoms with Crippen molar-refractivity contribution in [2.24, 2.45) is 23.7 Å². The first-order valence-corrected chi connectivity index (χ1v) is 7.35. The summed E-state index contributed by atoms with van der Waals surface area (Å²) in [6, 6.07) is 0. The molecule has 6 heteroatoms. The van der Waals surface area contributed by atoms with Crippen LogP contribution in [-0.4, -0.2) is 26.1 Å². The summed E-state index contributed by atoms with van der Waals surface area (Å²) in [5.41, 5.74) is 0. The SMILES string of the molecule is O=C(NCc1nnnn1CC1CC1)C1[C@@H]2CCC[C@@H]12. The summed E-state index contributed by atoms with van der Waals surface area (Å²) in [5.74, 6) is 3.34. The van der Waals surface area contributed by atoms with Crippen LogP contribution in [0.2, 0.25) is 0 Å². The number of aromatic nitrogens is 4. The Balaban J connectivity index is 1.32. The molecule has 6 nitrogen and oxygen atoms in total. The lowest BCUT2D eigenvalue weighted by Crippen LogP contribution is -2.28. The van der Waals surface area contributed by atoms with Crippen LogP contribution >= 0.6 is 0 Å². The summed E-state index contributed by atoms with van der Waals surface area (Å²) in [6.07, 6.45) is 6.33. The number of rotatable bonds is 5. The van der Waals surface area contributed by atoms with E-state index in [1.807, 2.05) is 4.68 Å². The Labute approximate surface area is 111 Å². The zero-order chi connectivity index (χ0) is 12.8. The molecular weight excluding hydrogens is 242 g/mol. The molecule has 0 radical (unpaired) electrons. The molecule has 19 heavy (non-hydrogen) atoms. The molecule has 1 heterocycles. The van der Waals surface area contributed by atoms with Gasteiger partial charge >= 0.3 is 0 Å². The Kier molecular flexibility index (Phi) is 2.56. The van der Waals surface area contributed by atoms with E-state index in [-0.39, 0.29) is 11.8 Å². The Morgan fingerprint density at radius 3 is 2.79 bits per heavy atom. The molecule has 0 spiro atoms. The Morgan fingerprint density at radius 2 is 2.05 bits per heavy atom. The van der Waals surface area contributed by atoms with Crippen LogP contribution in [0, 0.1) is 23.7 Å². The van der Waals surface area contributed by atoms with Gasteiger partial charge in [0.2, 0.25) is 5.91 Å². The molecule has 2 atom stereocenters. The fourth-order valence-electron chi connectivity index (χ4n) is 3.53. The zero-order valence-corrected chi connectivity index (χ0v) is 11.0. The number of nitrogens with zero attached hydrogens (tertiary/aromatic N) is 4. The fraction of sp³-hybridized carbons (Fsp3) is 0.846. The second kappa shape index (κ2) is 4.28. The van der Waals surface area contributed by atoms with Gasteiger partial charge in [0, 0.05) is 12.5 Å². The van der Waals surface area contributed by atoms with Gasteiger partial charge in [-0.1, -0.05) is 6.42 Å². The third-order valence-electron chi connectivity index (χ3n) is 4.86. The van der Waals surface area contributed by atoms with Gasteiger partial charge in [0.1, 0.15) is 0 Å². The maximum atomic E-state index is 12.1. The van der Waals surface area contributed by atoms with E-state index in [1.165, 1.54) is 32.1 Å². The van der Waals surface area contributed by atoms with E-state index in [2.05, 4.69) is 20.8 Å². The molecule has 102 valence electrons. The number of nitrogens with one attached hydrogen (secondary N) is 1. The van der Waals surface area contributed by atoms with Crippen molar-refractivity contribution in [3.8, 4) is 0 Å². The first kappa shape index (κ1) is 11.4. The fourth-order valence-corrected chi connectivity index (χ4v) is 3.53. The number of carbonyl (C=O) groups is 1. The molecule has 0 saturated heterocycles. The van der Waals surface area contributed by atoms with Gasteiger partial charge in [-0.3, -0.25) is 4.79 Å². The lowest BCUT2D eigenvalue weighted by atomic mass is 10.1. The third kappa shape index (κ3) is 2.13. The highest BCUT2D eigenvalue weighted by Crippen LogP contribution is 2.57. The lowest BCUT2D eigenvalue weighted by Gasteiger charge is -2.07. The molecule has 1 aromatic heterocycles. The summed E-state index contributed by atoms with van der Waals surface area (Å²) in [5, 5.41) is 14.7. The van der Waals surface area contributed by atoms with Crippen LogP contribution in [0.15, 0.2) is 0 Å². The molecule has 0 unspecified atom stereocenters. The quantitative estimate of drug-likeness (QED) is 0.848. The van der Waals surface area contributed by atoms with Crippen LogP contribution in [-0.2, 0) is 17.9 Å². The predicted octanol–water partition coefficient (Wildman–Crippen LogP) is 0.745. The molecular formula is C13H19N5O. The van der Waals surface area contributed by atoms with Crippen molar-refractivity contribution in [2.45, 2.75) is 45.2 Å². The third-order valence-corrected chi connectivity index (χ3v) is 4.86. The van der Waals surface area contributed by atoms with Crippen LogP contribution in [0.25, 0.3) is 0 Å². The summed E-state index contributed by atoms with van der Waals surface area (Å²) in [4.78, 5) is 12.1. The molecule has 1 amide bonds. The second-order valence-electron chi connectivity index (χ2n) is 6.22. The van der Waals surface area contributed by atoms with E-state index < -0.39 is 0 Å². The summed E-state index contributed by atoms with van der Waals surface area (Å²) in [7, 11) is 0. The summed E-state index contributed by atoms with van der Waals surface area (Å²) < 4.78 is 1.84. The van der Waals surface area contributed by atoms with Gasteiger partial charge in [0.15, 0.2) is 5.82 Å². The highest BCUT2D eigenvalue weighted by Gasteiger charge is 2.56. The van der Waals surface area contributed by atoms with E-state index in [4.69, 9.17) is 0 Å². The maximum Gasteiger partial charge on any atom is 0.224 e. The van der Waals surface area contributed by atoms with Gasteiger partial charge in [-0.25, -0.2) is 4.68 Å². The zero-order valence-electron chi connectivity index (χ0n) is 11.0. The van der Waals surface area contributed by atoms with Gasteiger partial charge in [-0.05, 0) is 53.9 Å². The highest BCUT2D eigenvalue weighted by molar-refractivity contribution is 5.82. The predicted molar refractivity (Wildman–Crippen MR) is 66.7 cm³/mol. The minimum Gasteiger partial charge on any atom is -0.348 e. The van der Waals surface area contributed by atoms with E-state index in [1.54, 1.807) is 0 Å². The standard InChI is InChI=1S/C13H19N5O/c19-13(12-9-2-1-3-10(9)12)14-6-11-15-16-17-18(11)7-8-4-5-8/h8-10,12H,1-7H2,(H,14,19)/t9-,10-/m1/s1. The first-order chi connectivity index (χ1) is 9.33. The average Bonchev–Trinajstić information content (AvgIpc) is 3.24. The van der Waals surface area contributed by atoms with Crippen LogP contribution in [0.3, 0.4) is 0 Å². The summed E-state index contributed by atoms with van der Waals surface area (Å²) in [6.45, 7) is 1.36. The Hall–Kier alpha value is -1.46. The number of hydrogen-bond donors (Lipinski definition) is 1. The largest absolute Gasteiger partial charge is 0.348 e. The van der Waals surface area contributed by atoms with E-state index in [0.717, 1.165) is 18.3 Å². The van der Waals surface area contributed by atoms with Crippen LogP contribution < -0.4 is 5.32 Å². The van der Waals surface area contributed by atoms with Crippen molar-refractivity contribution >= 4 is 5.91 Å². The molecule has 1 aromatic rings. The van der Waals surface area contributed by atoms with Crippen LogP contribution in [0.4, 0.5) is 0 Å². The van der Waals surface area contributed by atoms with E-state index in [9.17, 15) is 4.79 Å². The minimum atomic E-state index is 0.204. The van der Waals surface area contributed by atoms with Gasteiger partial charge in [0.25, 0.3) is 0 Å². The highest BCUT2D eigenvalue weighted by atomic mass is 16.2. The lowest BCUT2D eigenvalue weighted by molar-refractivity contribution is -0.123. The van der Waals surface area contributed by atoms with Crippen molar-refractivity contribution in [1.29, 1.82) is 0 Å². The number of carbonyl (C=O) groups excluding carboxylic acids is 1. The molecule has 0 aromatic carbocycles. The van der Waals surface area contributed by atoms with Gasteiger partial charge in [-0.15, -0.1) is 5.10 Å². The molecule has 0 aliphatic heterocycles. The number of hydrogen-bond acceptors (Lipinski definition) is 4. The normalized spacial score (nSPS) is 32.1.